The normalized spacial score (nSPS) is 13.8. The Morgan fingerprint density at radius 2 is 1.81 bits per heavy atom. The van der Waals surface area contributed by atoms with Crippen LogP contribution >= 0.6 is 0 Å². The van der Waals surface area contributed by atoms with Crippen LogP contribution in [-0.4, -0.2) is 59.5 Å². The number of hydrogen-bond acceptors (Lipinski definition) is 4. The Labute approximate surface area is 152 Å². The zero-order valence-corrected chi connectivity index (χ0v) is 15.1. The number of carbonyl (C=O) groups excluding carboxylic acids is 2. The minimum Gasteiger partial charge on any atom is -0.385 e. The average Bonchev–Trinajstić information content (AvgIpc) is 2.62. The molecule has 0 radical (unpaired) electrons. The molecule has 1 aromatic rings. The predicted octanol–water partition coefficient (Wildman–Crippen LogP) is 0.927. The first-order valence-corrected chi connectivity index (χ1v) is 8.65. The summed E-state index contributed by atoms with van der Waals surface area (Å²) in [7, 11) is 0. The van der Waals surface area contributed by atoms with E-state index in [1.165, 1.54) is 4.90 Å². The molecule has 146 valence electrons. The summed E-state index contributed by atoms with van der Waals surface area (Å²) in [5, 5.41) is 11.8. The van der Waals surface area contributed by atoms with Crippen molar-refractivity contribution < 1.29 is 23.5 Å². The van der Waals surface area contributed by atoms with Gasteiger partial charge in [-0.25, -0.2) is 0 Å². The van der Waals surface area contributed by atoms with Crippen LogP contribution in [-0.2, 0) is 16.0 Å². The summed E-state index contributed by atoms with van der Waals surface area (Å²) in [6, 6.07) is 7.31. The summed E-state index contributed by atoms with van der Waals surface area (Å²) in [6.07, 6.45) is -2.41. The van der Waals surface area contributed by atoms with E-state index in [1.807, 2.05) is 5.32 Å². The SMILES string of the molecule is CCN(CC)C(=O)CCNC(=O)C(F)(F)C(O)[C@@H](N)Cc1ccccc1. The first kappa shape index (κ1) is 22.0. The van der Waals surface area contributed by atoms with E-state index in [1.54, 1.807) is 44.2 Å². The molecule has 4 N–H and O–H groups in total. The summed E-state index contributed by atoms with van der Waals surface area (Å²) in [6.45, 7) is 4.39. The second-order valence-corrected chi connectivity index (χ2v) is 5.99. The van der Waals surface area contributed by atoms with E-state index < -0.39 is 24.0 Å². The molecular weight excluding hydrogens is 344 g/mol. The van der Waals surface area contributed by atoms with Crippen molar-refractivity contribution in [2.45, 2.75) is 44.8 Å². The van der Waals surface area contributed by atoms with E-state index in [0.717, 1.165) is 0 Å². The molecule has 6 nitrogen and oxygen atoms in total. The largest absolute Gasteiger partial charge is 0.385 e. The van der Waals surface area contributed by atoms with Crippen LogP contribution in [0.3, 0.4) is 0 Å². The monoisotopic (exact) mass is 371 g/mol. The first-order chi connectivity index (χ1) is 12.2. The van der Waals surface area contributed by atoms with Gasteiger partial charge in [-0.2, -0.15) is 8.78 Å². The molecule has 0 aliphatic carbocycles. The molecule has 2 amide bonds. The van der Waals surface area contributed by atoms with Crippen LogP contribution in [0.2, 0.25) is 0 Å². The minimum atomic E-state index is -4.05. The topological polar surface area (TPSA) is 95.7 Å². The highest BCUT2D eigenvalue weighted by Gasteiger charge is 2.49. The van der Waals surface area contributed by atoms with Gasteiger partial charge in [0.1, 0.15) is 6.10 Å². The fourth-order valence-corrected chi connectivity index (χ4v) is 2.54. The summed E-state index contributed by atoms with van der Waals surface area (Å²) in [4.78, 5) is 25.1. The fraction of sp³-hybridized carbons (Fsp3) is 0.556. The average molecular weight is 371 g/mol. The lowest BCUT2D eigenvalue weighted by Crippen LogP contribution is -2.56. The van der Waals surface area contributed by atoms with Crippen LogP contribution in [0.5, 0.6) is 0 Å². The molecule has 0 fully saturated rings. The third kappa shape index (κ3) is 6.03. The highest BCUT2D eigenvalue weighted by Crippen LogP contribution is 2.22. The Morgan fingerprint density at radius 1 is 1.23 bits per heavy atom. The van der Waals surface area contributed by atoms with Crippen LogP contribution in [0.1, 0.15) is 25.8 Å². The Balaban J connectivity index is 2.56. The van der Waals surface area contributed by atoms with Gasteiger partial charge in [0.05, 0.1) is 0 Å². The lowest BCUT2D eigenvalue weighted by atomic mass is 9.97. The Morgan fingerprint density at radius 3 is 2.35 bits per heavy atom. The molecule has 1 unspecified atom stereocenters. The number of hydrogen-bond donors (Lipinski definition) is 3. The van der Waals surface area contributed by atoms with E-state index in [9.17, 15) is 23.5 Å². The van der Waals surface area contributed by atoms with Crippen molar-refractivity contribution in [2.24, 2.45) is 5.73 Å². The number of rotatable bonds is 10. The van der Waals surface area contributed by atoms with Crippen LogP contribution < -0.4 is 11.1 Å². The molecule has 0 spiro atoms. The van der Waals surface area contributed by atoms with Crippen molar-refractivity contribution in [1.29, 1.82) is 0 Å². The number of halogens is 2. The van der Waals surface area contributed by atoms with Gasteiger partial charge in [0.25, 0.3) is 5.91 Å². The van der Waals surface area contributed by atoms with E-state index in [0.29, 0.717) is 18.7 Å². The van der Waals surface area contributed by atoms with Gasteiger partial charge < -0.3 is 21.1 Å². The van der Waals surface area contributed by atoms with E-state index >= 15 is 0 Å². The molecule has 0 aromatic heterocycles. The summed E-state index contributed by atoms with van der Waals surface area (Å²) >= 11 is 0. The van der Waals surface area contributed by atoms with Gasteiger partial charge in [-0.3, -0.25) is 9.59 Å². The van der Waals surface area contributed by atoms with Gasteiger partial charge >= 0.3 is 5.92 Å². The number of aliphatic hydroxyl groups is 1. The predicted molar refractivity (Wildman–Crippen MR) is 94.6 cm³/mol. The standard InChI is InChI=1S/C18H27F2N3O3/c1-3-23(4-2)15(24)10-11-22-17(26)18(19,20)16(25)14(21)12-13-8-6-5-7-9-13/h5-9,14,16,25H,3-4,10-12,21H2,1-2H3,(H,22,26)/t14-,16?/m0/s1. The third-order valence-electron chi connectivity index (χ3n) is 4.13. The van der Waals surface area contributed by atoms with Crippen molar-refractivity contribution in [3.05, 3.63) is 35.9 Å². The molecule has 1 rings (SSSR count). The van der Waals surface area contributed by atoms with Gasteiger partial charge in [-0.15, -0.1) is 0 Å². The van der Waals surface area contributed by atoms with E-state index in [-0.39, 0.29) is 25.3 Å². The highest BCUT2D eigenvalue weighted by atomic mass is 19.3. The second kappa shape index (κ2) is 10.2. The van der Waals surface area contributed by atoms with Gasteiger partial charge in [0.15, 0.2) is 0 Å². The van der Waals surface area contributed by atoms with E-state index in [4.69, 9.17) is 5.73 Å². The molecule has 0 heterocycles. The maximum atomic E-state index is 14.1. The van der Waals surface area contributed by atoms with Gasteiger partial charge in [-0.1, -0.05) is 30.3 Å². The Bertz CT molecular complexity index is 580. The molecule has 0 aliphatic rings. The fourth-order valence-electron chi connectivity index (χ4n) is 2.54. The molecule has 0 saturated heterocycles. The number of aliphatic hydroxyl groups excluding tert-OH is 1. The van der Waals surface area contributed by atoms with Crippen LogP contribution in [0.25, 0.3) is 0 Å². The van der Waals surface area contributed by atoms with Crippen molar-refractivity contribution >= 4 is 11.8 Å². The number of nitrogens with one attached hydrogen (secondary N) is 1. The zero-order valence-electron chi connectivity index (χ0n) is 15.1. The van der Waals surface area contributed by atoms with Crippen LogP contribution in [0.4, 0.5) is 8.78 Å². The van der Waals surface area contributed by atoms with Crippen LogP contribution in [0.15, 0.2) is 30.3 Å². The molecule has 0 bridgehead atoms. The van der Waals surface area contributed by atoms with Gasteiger partial charge in [0, 0.05) is 32.1 Å². The molecule has 0 saturated carbocycles. The van der Waals surface area contributed by atoms with Crippen LogP contribution in [0, 0.1) is 0 Å². The Hall–Kier alpha value is -2.06. The molecule has 2 atom stereocenters. The summed E-state index contributed by atoms with van der Waals surface area (Å²) < 4.78 is 28.3. The molecule has 26 heavy (non-hydrogen) atoms. The number of nitrogens with two attached hydrogens (primary N) is 1. The molecule has 0 aliphatic heterocycles. The molecular formula is C18H27F2N3O3. The number of alkyl halides is 2. The van der Waals surface area contributed by atoms with Crippen molar-refractivity contribution in [3.8, 4) is 0 Å². The van der Waals surface area contributed by atoms with Crippen molar-refractivity contribution in [2.75, 3.05) is 19.6 Å². The Kier molecular flexibility index (Phi) is 8.60. The maximum absolute atomic E-state index is 14.1. The smallest absolute Gasteiger partial charge is 0.351 e. The maximum Gasteiger partial charge on any atom is 0.351 e. The number of amides is 2. The first-order valence-electron chi connectivity index (χ1n) is 8.65. The minimum absolute atomic E-state index is 0.00528. The van der Waals surface area contributed by atoms with Gasteiger partial charge in [0.2, 0.25) is 5.91 Å². The number of nitrogens with zero attached hydrogens (tertiary/aromatic N) is 1. The zero-order chi connectivity index (χ0) is 19.7. The second-order valence-electron chi connectivity index (χ2n) is 5.99. The van der Waals surface area contributed by atoms with E-state index in [2.05, 4.69) is 0 Å². The quantitative estimate of drug-likeness (QED) is 0.570. The summed E-state index contributed by atoms with van der Waals surface area (Å²) in [5.74, 6) is -5.92. The lowest BCUT2D eigenvalue weighted by Gasteiger charge is -2.26. The van der Waals surface area contributed by atoms with Gasteiger partial charge in [-0.05, 0) is 25.8 Å². The third-order valence-corrected chi connectivity index (χ3v) is 4.13. The summed E-state index contributed by atoms with van der Waals surface area (Å²) in [5.41, 5.74) is 6.34. The molecule has 1 aromatic carbocycles. The highest BCUT2D eigenvalue weighted by molar-refractivity contribution is 5.85. The van der Waals surface area contributed by atoms with Crippen molar-refractivity contribution in [1.82, 2.24) is 10.2 Å². The number of carbonyl (C=O) groups is 2. The van der Waals surface area contributed by atoms with Crippen molar-refractivity contribution in [3.63, 3.8) is 0 Å². The molecule has 8 heteroatoms. The lowest BCUT2D eigenvalue weighted by molar-refractivity contribution is -0.165. The number of benzene rings is 1.